The van der Waals surface area contributed by atoms with E-state index in [2.05, 4.69) is 0 Å². The molecule has 32 heavy (non-hydrogen) atoms. The third kappa shape index (κ3) is 4.62. The fourth-order valence-electron chi connectivity index (χ4n) is 4.18. The van der Waals surface area contributed by atoms with Crippen LogP contribution in [0.2, 0.25) is 0 Å². The van der Waals surface area contributed by atoms with Gasteiger partial charge < -0.3 is 24.0 Å². The number of para-hydroxylation sites is 1. The molecule has 168 valence electrons. The third-order valence-corrected chi connectivity index (χ3v) is 6.00. The van der Waals surface area contributed by atoms with Gasteiger partial charge in [-0.15, -0.1) is 0 Å². The van der Waals surface area contributed by atoms with E-state index in [1.807, 2.05) is 65.6 Å². The standard InChI is InChI=1S/C25H28N2O5/c1-30-20-10-8-18(9-11-20)16-27-23(24(31-2)25(27)29)19-12-14-26(15-13-19)22(28)17-32-21-6-4-3-5-7-21/h3-12,23-24H,13-17H2,1-2H3/t23-,24+/m0/s1. The number of hydrogen-bond donors (Lipinski definition) is 0. The number of carbonyl (C=O) groups is 2. The third-order valence-electron chi connectivity index (χ3n) is 6.00. The first kappa shape index (κ1) is 21.9. The summed E-state index contributed by atoms with van der Waals surface area (Å²) in [6, 6.07) is 16.9. The summed E-state index contributed by atoms with van der Waals surface area (Å²) in [5.41, 5.74) is 2.17. The molecular formula is C25H28N2O5. The molecular weight excluding hydrogens is 408 g/mol. The predicted octanol–water partition coefficient (Wildman–Crippen LogP) is 2.66. The van der Waals surface area contributed by atoms with E-state index in [1.54, 1.807) is 19.1 Å². The van der Waals surface area contributed by atoms with Gasteiger partial charge in [-0.25, -0.2) is 0 Å². The molecule has 4 rings (SSSR count). The zero-order valence-electron chi connectivity index (χ0n) is 18.4. The second kappa shape index (κ2) is 9.87. The highest BCUT2D eigenvalue weighted by molar-refractivity contribution is 5.89. The molecule has 0 spiro atoms. The lowest BCUT2D eigenvalue weighted by molar-refractivity contribution is -0.168. The topological polar surface area (TPSA) is 68.3 Å². The molecule has 0 radical (unpaired) electrons. The summed E-state index contributed by atoms with van der Waals surface area (Å²) in [6.45, 7) is 1.63. The number of hydrogen-bond acceptors (Lipinski definition) is 5. The molecule has 0 saturated carbocycles. The van der Waals surface area contributed by atoms with Gasteiger partial charge in [0.15, 0.2) is 12.7 Å². The van der Waals surface area contributed by atoms with Crippen LogP contribution in [-0.4, -0.2) is 67.7 Å². The number of ether oxygens (including phenoxy) is 3. The Balaban J connectivity index is 1.37. The van der Waals surface area contributed by atoms with Crippen molar-refractivity contribution in [2.75, 3.05) is 33.9 Å². The van der Waals surface area contributed by atoms with Crippen molar-refractivity contribution in [1.29, 1.82) is 0 Å². The van der Waals surface area contributed by atoms with E-state index < -0.39 is 6.10 Å². The van der Waals surface area contributed by atoms with E-state index in [4.69, 9.17) is 14.2 Å². The molecule has 7 nitrogen and oxygen atoms in total. The molecule has 0 unspecified atom stereocenters. The molecule has 1 saturated heterocycles. The largest absolute Gasteiger partial charge is 0.497 e. The van der Waals surface area contributed by atoms with Gasteiger partial charge in [0, 0.05) is 26.7 Å². The molecule has 7 heteroatoms. The summed E-state index contributed by atoms with van der Waals surface area (Å²) in [7, 11) is 3.20. The molecule has 0 N–H and O–H groups in total. The predicted molar refractivity (Wildman–Crippen MR) is 119 cm³/mol. The van der Waals surface area contributed by atoms with Crippen LogP contribution in [0.3, 0.4) is 0 Å². The summed E-state index contributed by atoms with van der Waals surface area (Å²) >= 11 is 0. The van der Waals surface area contributed by atoms with Crippen LogP contribution in [0.4, 0.5) is 0 Å². The summed E-state index contributed by atoms with van der Waals surface area (Å²) in [6.07, 6.45) is 2.28. The highest BCUT2D eigenvalue weighted by atomic mass is 16.5. The van der Waals surface area contributed by atoms with Gasteiger partial charge in [0.25, 0.3) is 11.8 Å². The minimum Gasteiger partial charge on any atom is -0.497 e. The molecule has 0 aliphatic carbocycles. The van der Waals surface area contributed by atoms with Gasteiger partial charge in [0.05, 0.1) is 13.2 Å². The van der Waals surface area contributed by atoms with Crippen LogP contribution in [0.15, 0.2) is 66.2 Å². The van der Waals surface area contributed by atoms with Crippen LogP contribution in [0, 0.1) is 0 Å². The molecule has 0 aromatic heterocycles. The molecule has 0 bridgehead atoms. The van der Waals surface area contributed by atoms with Gasteiger partial charge in [-0.05, 0) is 41.8 Å². The van der Waals surface area contributed by atoms with Gasteiger partial charge >= 0.3 is 0 Å². The van der Waals surface area contributed by atoms with Crippen molar-refractivity contribution in [3.63, 3.8) is 0 Å². The molecule has 2 aliphatic heterocycles. The van der Waals surface area contributed by atoms with Crippen LogP contribution in [0.25, 0.3) is 0 Å². The Labute approximate surface area is 188 Å². The van der Waals surface area contributed by atoms with E-state index in [0.717, 1.165) is 16.9 Å². The fraction of sp³-hybridized carbons (Fsp3) is 0.360. The SMILES string of the molecule is COc1ccc(CN2C(=O)[C@H](OC)[C@@H]2C2=CCN(C(=O)COc3ccccc3)CC2)cc1. The van der Waals surface area contributed by atoms with E-state index in [1.165, 1.54) is 0 Å². The Bertz CT molecular complexity index is 974. The number of nitrogens with zero attached hydrogens (tertiary/aromatic N) is 2. The van der Waals surface area contributed by atoms with Gasteiger partial charge in [0.2, 0.25) is 0 Å². The number of carbonyl (C=O) groups excluding carboxylic acids is 2. The van der Waals surface area contributed by atoms with E-state index in [9.17, 15) is 9.59 Å². The van der Waals surface area contributed by atoms with Gasteiger partial charge in [-0.2, -0.15) is 0 Å². The molecule has 1 fully saturated rings. The van der Waals surface area contributed by atoms with Crippen molar-refractivity contribution in [3.05, 3.63) is 71.8 Å². The summed E-state index contributed by atoms with van der Waals surface area (Å²) in [5, 5.41) is 0. The average Bonchev–Trinajstić information content (AvgIpc) is 2.85. The first-order valence-corrected chi connectivity index (χ1v) is 10.7. The number of β-lactam (4-membered cyclic amide) rings is 1. The second-order valence-corrected chi connectivity index (χ2v) is 7.89. The zero-order valence-corrected chi connectivity index (χ0v) is 18.4. The van der Waals surface area contributed by atoms with Crippen molar-refractivity contribution >= 4 is 11.8 Å². The van der Waals surface area contributed by atoms with Gasteiger partial charge in [-0.1, -0.05) is 36.4 Å². The number of amides is 2. The fourth-order valence-corrected chi connectivity index (χ4v) is 4.18. The Morgan fingerprint density at radius 1 is 1.03 bits per heavy atom. The Hall–Kier alpha value is -3.32. The maximum absolute atomic E-state index is 12.6. The lowest BCUT2D eigenvalue weighted by atomic mass is 9.86. The second-order valence-electron chi connectivity index (χ2n) is 7.89. The molecule has 2 aliphatic rings. The quantitative estimate of drug-likeness (QED) is 0.470. The number of benzene rings is 2. The molecule has 2 aromatic carbocycles. The van der Waals surface area contributed by atoms with Crippen molar-refractivity contribution in [2.45, 2.75) is 25.1 Å². The lowest BCUT2D eigenvalue weighted by Gasteiger charge is -2.48. The highest BCUT2D eigenvalue weighted by Crippen LogP contribution is 2.33. The smallest absolute Gasteiger partial charge is 0.260 e. The highest BCUT2D eigenvalue weighted by Gasteiger charge is 2.49. The van der Waals surface area contributed by atoms with Crippen LogP contribution in [0.1, 0.15) is 12.0 Å². The first-order chi connectivity index (χ1) is 15.6. The normalized spacial score (nSPS) is 20.4. The number of methoxy groups -OCH3 is 2. The Morgan fingerprint density at radius 2 is 1.78 bits per heavy atom. The summed E-state index contributed by atoms with van der Waals surface area (Å²) in [4.78, 5) is 28.8. The van der Waals surface area contributed by atoms with Gasteiger partial charge in [0.1, 0.15) is 11.5 Å². The van der Waals surface area contributed by atoms with Gasteiger partial charge in [-0.3, -0.25) is 9.59 Å². The van der Waals surface area contributed by atoms with Crippen molar-refractivity contribution in [3.8, 4) is 11.5 Å². The van der Waals surface area contributed by atoms with Crippen LogP contribution < -0.4 is 9.47 Å². The van der Waals surface area contributed by atoms with E-state index >= 15 is 0 Å². The minimum atomic E-state index is -0.469. The first-order valence-electron chi connectivity index (χ1n) is 10.7. The molecule has 2 aromatic rings. The number of likely N-dealkylation sites (tertiary alicyclic amines) is 1. The maximum Gasteiger partial charge on any atom is 0.260 e. The maximum atomic E-state index is 12.6. The van der Waals surface area contributed by atoms with Crippen molar-refractivity contribution in [2.24, 2.45) is 0 Å². The van der Waals surface area contributed by atoms with Crippen LogP contribution >= 0.6 is 0 Å². The lowest BCUT2D eigenvalue weighted by Crippen LogP contribution is -2.66. The minimum absolute atomic E-state index is 0.0102. The van der Waals surface area contributed by atoms with E-state index in [0.29, 0.717) is 31.8 Å². The van der Waals surface area contributed by atoms with Crippen LogP contribution in [0.5, 0.6) is 11.5 Å². The number of rotatable bonds is 8. The van der Waals surface area contributed by atoms with Crippen LogP contribution in [-0.2, 0) is 20.9 Å². The van der Waals surface area contributed by atoms with Crippen molar-refractivity contribution < 1.29 is 23.8 Å². The summed E-state index contributed by atoms with van der Waals surface area (Å²) < 4.78 is 16.3. The Morgan fingerprint density at radius 3 is 2.41 bits per heavy atom. The molecule has 2 heterocycles. The molecule has 2 atom stereocenters. The Kier molecular flexibility index (Phi) is 6.75. The zero-order chi connectivity index (χ0) is 22.5. The van der Waals surface area contributed by atoms with E-state index in [-0.39, 0.29) is 24.5 Å². The molecule has 2 amide bonds. The van der Waals surface area contributed by atoms with Crippen molar-refractivity contribution in [1.82, 2.24) is 9.80 Å². The monoisotopic (exact) mass is 436 g/mol. The average molecular weight is 437 g/mol. The summed E-state index contributed by atoms with van der Waals surface area (Å²) in [5.74, 6) is 1.40.